The number of ether oxygens (including phenoxy) is 1. The lowest BCUT2D eigenvalue weighted by molar-refractivity contribution is 0.0935. The highest BCUT2D eigenvalue weighted by Crippen LogP contribution is 2.44. The number of para-hydroxylation sites is 1. The van der Waals surface area contributed by atoms with E-state index in [1.165, 1.54) is 16.2 Å². The number of amides is 3. The minimum Gasteiger partial charge on any atom is -0.462 e. The van der Waals surface area contributed by atoms with E-state index in [1.54, 1.807) is 24.4 Å². The Morgan fingerprint density at radius 2 is 2.14 bits per heavy atom. The first-order valence-corrected chi connectivity index (χ1v) is 12.5. The van der Waals surface area contributed by atoms with Crippen LogP contribution in [0.1, 0.15) is 29.4 Å². The van der Waals surface area contributed by atoms with Crippen molar-refractivity contribution in [2.24, 2.45) is 4.99 Å². The van der Waals surface area contributed by atoms with Crippen LogP contribution in [-0.4, -0.2) is 42.8 Å². The van der Waals surface area contributed by atoms with E-state index in [1.807, 2.05) is 37.3 Å². The first-order chi connectivity index (χ1) is 17.5. The number of hydrogen-bond donors (Lipinski definition) is 3. The van der Waals surface area contributed by atoms with Gasteiger partial charge in [-0.2, -0.15) is 0 Å². The Morgan fingerprint density at radius 1 is 1.31 bits per heavy atom. The van der Waals surface area contributed by atoms with E-state index < -0.39 is 6.03 Å². The molecule has 2 aliphatic heterocycles. The molecular weight excluding hydrogens is 476 g/mol. The van der Waals surface area contributed by atoms with Crippen LogP contribution in [0.5, 0.6) is 5.75 Å². The lowest BCUT2D eigenvalue weighted by Crippen LogP contribution is -2.45. The van der Waals surface area contributed by atoms with Crippen LogP contribution in [-0.2, 0) is 0 Å². The molecule has 1 aromatic carbocycles. The van der Waals surface area contributed by atoms with E-state index in [0.29, 0.717) is 43.8 Å². The number of piperidine rings is 1. The third-order valence-electron chi connectivity index (χ3n) is 5.96. The molecule has 2 aliphatic rings. The minimum absolute atomic E-state index is 0.0551. The summed E-state index contributed by atoms with van der Waals surface area (Å²) in [5.41, 5.74) is 1.06. The summed E-state index contributed by atoms with van der Waals surface area (Å²) in [4.78, 5) is 37.5. The van der Waals surface area contributed by atoms with Crippen LogP contribution in [0.4, 0.5) is 16.2 Å². The molecule has 0 spiro atoms. The number of aromatic nitrogens is 1. The van der Waals surface area contributed by atoms with Crippen LogP contribution in [0, 0.1) is 0 Å². The number of nitrogens with one attached hydrogen (secondary N) is 3. The average Bonchev–Trinajstić information content (AvgIpc) is 3.26. The largest absolute Gasteiger partial charge is 0.462 e. The number of nitrogens with zero attached hydrogens (tertiary/aromatic N) is 3. The predicted octanol–water partition coefficient (Wildman–Crippen LogP) is 4.65. The Labute approximate surface area is 212 Å². The molecule has 3 aromatic rings. The quantitative estimate of drug-likeness (QED) is 0.248. The number of anilines is 2. The Balaban J connectivity index is 1.46. The van der Waals surface area contributed by atoms with Gasteiger partial charge in [0.05, 0.1) is 16.8 Å². The van der Waals surface area contributed by atoms with Gasteiger partial charge in [-0.05, 0) is 63.4 Å². The molecule has 5 rings (SSSR count). The lowest BCUT2D eigenvalue weighted by atomic mass is 10.1. The maximum absolute atomic E-state index is 13.3. The Morgan fingerprint density at radius 3 is 2.89 bits per heavy atom. The van der Waals surface area contributed by atoms with Crippen molar-refractivity contribution in [1.82, 2.24) is 15.6 Å². The zero-order valence-corrected chi connectivity index (χ0v) is 20.6. The number of carbonyl (C=O) groups excluding carboxylic acids is 2. The third-order valence-corrected chi connectivity index (χ3v) is 7.06. The minimum atomic E-state index is -0.435. The molecule has 9 nitrogen and oxygen atoms in total. The fraction of sp³-hybridized carbons (Fsp3) is 0.231. The van der Waals surface area contributed by atoms with Gasteiger partial charge >= 0.3 is 6.03 Å². The molecule has 1 atom stereocenters. The summed E-state index contributed by atoms with van der Waals surface area (Å²) in [6.45, 7) is 7.16. The van der Waals surface area contributed by atoms with Crippen LogP contribution < -0.4 is 25.6 Å². The van der Waals surface area contributed by atoms with Gasteiger partial charge in [0.15, 0.2) is 0 Å². The molecule has 36 heavy (non-hydrogen) atoms. The molecule has 4 heterocycles. The number of rotatable bonds is 7. The number of thiophene rings is 1. The van der Waals surface area contributed by atoms with E-state index >= 15 is 0 Å². The molecule has 0 radical (unpaired) electrons. The van der Waals surface area contributed by atoms with Crippen LogP contribution in [0.15, 0.2) is 71.3 Å². The van der Waals surface area contributed by atoms with Gasteiger partial charge in [-0.15, -0.1) is 11.3 Å². The van der Waals surface area contributed by atoms with Crippen molar-refractivity contribution in [3.63, 3.8) is 0 Å². The van der Waals surface area contributed by atoms with Gasteiger partial charge in [0, 0.05) is 18.8 Å². The summed E-state index contributed by atoms with van der Waals surface area (Å²) in [6.07, 6.45) is 6.94. The van der Waals surface area contributed by atoms with Crippen molar-refractivity contribution in [3.05, 3.63) is 71.2 Å². The van der Waals surface area contributed by atoms with E-state index in [-0.39, 0.29) is 11.9 Å². The fourth-order valence-electron chi connectivity index (χ4n) is 4.30. The number of aliphatic imine (C=N–C) groups is 1. The summed E-state index contributed by atoms with van der Waals surface area (Å²) < 4.78 is 5.81. The first kappa shape index (κ1) is 23.7. The second-order valence-corrected chi connectivity index (χ2v) is 9.47. The van der Waals surface area contributed by atoms with Gasteiger partial charge in [0.25, 0.3) is 5.91 Å². The Bertz CT molecular complexity index is 1380. The van der Waals surface area contributed by atoms with Crippen molar-refractivity contribution in [2.45, 2.75) is 25.8 Å². The normalized spacial score (nSPS) is 18.1. The van der Waals surface area contributed by atoms with Crippen molar-refractivity contribution in [2.75, 3.05) is 23.3 Å². The van der Waals surface area contributed by atoms with E-state index in [0.717, 1.165) is 25.9 Å². The van der Waals surface area contributed by atoms with Crippen molar-refractivity contribution in [1.29, 1.82) is 0 Å². The number of carbonyl (C=O) groups is 2. The zero-order chi connectivity index (χ0) is 25.1. The van der Waals surface area contributed by atoms with Gasteiger partial charge < -0.3 is 20.7 Å². The molecule has 0 saturated carbocycles. The van der Waals surface area contributed by atoms with Crippen molar-refractivity contribution >= 4 is 51.6 Å². The molecule has 1 saturated heterocycles. The second-order valence-electron chi connectivity index (χ2n) is 8.47. The zero-order valence-electron chi connectivity index (χ0n) is 19.8. The summed E-state index contributed by atoms with van der Waals surface area (Å²) in [5.74, 6) is 1.42. The second kappa shape index (κ2) is 10.3. The highest BCUT2D eigenvalue weighted by atomic mass is 32.1. The Hall–Kier alpha value is -4.02. The molecular formula is C26H26N6O3S. The summed E-state index contributed by atoms with van der Waals surface area (Å²) in [6, 6.07) is 10.8. The van der Waals surface area contributed by atoms with E-state index in [2.05, 4.69) is 32.6 Å². The highest BCUT2D eigenvalue weighted by molar-refractivity contribution is 7.21. The van der Waals surface area contributed by atoms with Gasteiger partial charge in [0.2, 0.25) is 0 Å². The Kier molecular flexibility index (Phi) is 6.79. The van der Waals surface area contributed by atoms with Gasteiger partial charge in [-0.1, -0.05) is 18.2 Å². The number of pyridine rings is 1. The standard InChI is InChI=1S/C26H26N6O3S/c1-16(35-18-8-4-3-5-9-18)10-11-20(27-2)32-19-12-14-29-25-21(19)22(31-26(32)34)23(36-25)24(33)30-17-7-6-13-28-15-17/h3-5,8-12,14,17,28H,2,6-7,13,15H2,1H3,(H,30,33)(H,31,34)/b16-10+,20-11+/t17-/m1/s1. The van der Waals surface area contributed by atoms with Gasteiger partial charge in [0.1, 0.15) is 27.0 Å². The molecule has 10 heteroatoms. The van der Waals surface area contributed by atoms with Gasteiger partial charge in [-0.3, -0.25) is 4.79 Å². The van der Waals surface area contributed by atoms with Crippen LogP contribution >= 0.6 is 11.3 Å². The fourth-order valence-corrected chi connectivity index (χ4v) is 5.32. The molecule has 2 aromatic heterocycles. The van der Waals surface area contributed by atoms with Crippen molar-refractivity contribution in [3.8, 4) is 5.75 Å². The van der Waals surface area contributed by atoms with E-state index in [4.69, 9.17) is 4.74 Å². The average molecular weight is 503 g/mol. The smallest absolute Gasteiger partial charge is 0.332 e. The summed E-state index contributed by atoms with van der Waals surface area (Å²) in [5, 5.41) is 9.96. The molecule has 0 aliphatic carbocycles. The van der Waals surface area contributed by atoms with E-state index in [9.17, 15) is 9.59 Å². The van der Waals surface area contributed by atoms with Crippen molar-refractivity contribution < 1.29 is 14.3 Å². The molecule has 1 fully saturated rings. The maximum Gasteiger partial charge on any atom is 0.332 e. The molecule has 3 amide bonds. The highest BCUT2D eigenvalue weighted by Gasteiger charge is 2.33. The monoisotopic (exact) mass is 502 g/mol. The molecule has 3 N–H and O–H groups in total. The first-order valence-electron chi connectivity index (χ1n) is 11.7. The number of allylic oxidation sites excluding steroid dienone is 3. The van der Waals surface area contributed by atoms with Crippen LogP contribution in [0.25, 0.3) is 10.2 Å². The predicted molar refractivity (Wildman–Crippen MR) is 143 cm³/mol. The molecule has 0 bridgehead atoms. The number of benzene rings is 1. The topological polar surface area (TPSA) is 108 Å². The number of hydrogen-bond acceptors (Lipinski definition) is 7. The van der Waals surface area contributed by atoms with Crippen LogP contribution in [0.2, 0.25) is 0 Å². The molecule has 0 unspecified atom stereocenters. The lowest BCUT2D eigenvalue weighted by Gasteiger charge is -2.28. The summed E-state index contributed by atoms with van der Waals surface area (Å²) >= 11 is 1.26. The third kappa shape index (κ3) is 4.73. The SMILES string of the molecule is C=N/C(=C\C=C(/C)Oc1ccccc1)N1C(=O)Nc2c(C(=O)N[C@@H]3CCCNC3)sc3nccc1c23. The molecule has 184 valence electrons. The van der Waals surface area contributed by atoms with Gasteiger partial charge in [-0.25, -0.2) is 19.7 Å². The number of urea groups is 1. The van der Waals surface area contributed by atoms with Crippen LogP contribution in [0.3, 0.4) is 0 Å². The summed E-state index contributed by atoms with van der Waals surface area (Å²) in [7, 11) is 0. The maximum atomic E-state index is 13.3.